The zero-order valence-corrected chi connectivity index (χ0v) is 61.1. The fraction of sp³-hybridized carbons (Fsp3) is 0.329. The number of hydrogen-bond acceptors (Lipinski definition) is 21. The van der Waals surface area contributed by atoms with Gasteiger partial charge in [0.25, 0.3) is 5.91 Å². The van der Waals surface area contributed by atoms with Crippen LogP contribution in [0.5, 0.6) is 11.5 Å². The lowest BCUT2D eigenvalue weighted by Gasteiger charge is -2.29. The monoisotopic (exact) mass is 1570 g/mol. The summed E-state index contributed by atoms with van der Waals surface area (Å²) in [4.78, 5) is 160. The van der Waals surface area contributed by atoms with Crippen LogP contribution in [0.4, 0.5) is 13.2 Å². The lowest BCUT2D eigenvalue weighted by molar-refractivity contribution is -0.403. The van der Waals surface area contributed by atoms with E-state index in [1.54, 1.807) is 146 Å². The van der Waals surface area contributed by atoms with Gasteiger partial charge in [0.1, 0.15) is 53.7 Å². The van der Waals surface area contributed by atoms with E-state index in [0.717, 1.165) is 15.4 Å². The van der Waals surface area contributed by atoms with Gasteiger partial charge in [-0.1, -0.05) is 146 Å². The number of phenolic OH excluding ortho intramolecular Hbond substituents is 2. The molecule has 0 saturated heterocycles. The van der Waals surface area contributed by atoms with E-state index in [4.69, 9.17) is 45.2 Å². The van der Waals surface area contributed by atoms with Crippen molar-refractivity contribution in [3.05, 3.63) is 203 Å². The van der Waals surface area contributed by atoms with Crippen LogP contribution in [0.1, 0.15) is 47.2 Å². The molecule has 0 spiro atoms. The average Bonchev–Trinajstić information content (AvgIpc) is 0.845. The molecule has 0 heterocycles. The predicted molar refractivity (Wildman–Crippen MR) is 380 cm³/mol. The molecule has 0 aliphatic heterocycles. The Balaban J connectivity index is 0.000000423. The van der Waals surface area contributed by atoms with Gasteiger partial charge < -0.3 is 94.5 Å². The second-order valence-corrected chi connectivity index (χ2v) is 27.0. The molecule has 6 aromatic carbocycles. The van der Waals surface area contributed by atoms with Gasteiger partial charge >= 0.3 is 21.8 Å². The SMILES string of the molecule is C[C@@H](NC(=O)[C@@H](N)Cc1ccc(O)cc1)C(=O)NCC(=O)N(C)[C@@H](Cc1ccccc1)C(=O)N[C@@H](COP(=O)(O)OCc1ccccc1)C(N)=O.C[C@@H](NC(=O)[C@@H]([NH3+])Cc1ccc(O)cc1)C(=O)NCC(=O)N(C)[C@@H](Cc1ccccc1)C(=O)N[C@@H](COP(=O)(O)OCc1ccccc1)C(N)=O.O=C([O-])C(F)(F)F. The molecule has 19 N–H and O–H groups in total. The second-order valence-electron chi connectivity index (χ2n) is 24.1. The normalized spacial score (nSPS) is 14.3. The lowest BCUT2D eigenvalue weighted by Crippen LogP contribution is -2.69. The lowest BCUT2D eigenvalue weighted by atomic mass is 10.0. The van der Waals surface area contributed by atoms with Crippen molar-refractivity contribution in [3.8, 4) is 11.5 Å². The van der Waals surface area contributed by atoms with Crippen molar-refractivity contribution in [1.29, 1.82) is 0 Å². The average molecular weight is 1570 g/mol. The number of quaternary nitrogens is 1. The third kappa shape index (κ3) is 33.8. The molecule has 10 amide bonds. The molecule has 0 fully saturated rings. The van der Waals surface area contributed by atoms with Crippen LogP contribution in [0.2, 0.25) is 0 Å². The zero-order chi connectivity index (χ0) is 81.2. The number of likely N-dealkylation sites (N-methyl/N-ethyl adjacent to an activating group) is 2. The van der Waals surface area contributed by atoms with E-state index in [1.165, 1.54) is 52.2 Å². The molecule has 0 aliphatic carbocycles. The van der Waals surface area contributed by atoms with E-state index in [-0.39, 0.29) is 50.4 Å². The summed E-state index contributed by atoms with van der Waals surface area (Å²) >= 11 is 0. The van der Waals surface area contributed by atoms with E-state index in [9.17, 15) is 90.2 Å². The quantitative estimate of drug-likeness (QED) is 0.0209. The van der Waals surface area contributed by atoms with Gasteiger partial charge in [-0.15, -0.1) is 0 Å². The number of rotatable bonds is 38. The topological polar surface area (TPSA) is 547 Å². The minimum atomic E-state index is -5.19. The standard InChI is InChI=1S/2C34H43N6O10P.C2HF3O2/c2*1-22(38-33(45)27(35)17-24-13-15-26(41)16-14-24)32(44)37-19-30(42)40(2)29(18-23-9-5-3-6-10-23)34(46)39-28(31(36)43)21-50-51(47,48)49-20-25-11-7-4-8-12-25;3-2(4,5)1(6)7/h2*3-16,22,27-29,41H,17-21,35H2,1-2H3,(H2,36,43)(H,37,44)(H,38,45)(H,39,46)(H,47,48);(H,6,7)/t2*22-,27+,28+,29+;/m11./s1. The number of carboxylic acid groups (broad SMARTS) is 1. The van der Waals surface area contributed by atoms with Gasteiger partial charge in [0.05, 0.1) is 45.6 Å². The fourth-order valence-electron chi connectivity index (χ4n) is 9.28. The van der Waals surface area contributed by atoms with Crippen LogP contribution < -0.4 is 59.9 Å². The fourth-order valence-corrected chi connectivity index (χ4v) is 10.7. The van der Waals surface area contributed by atoms with E-state index >= 15 is 0 Å². The second kappa shape index (κ2) is 44.3. The number of aromatic hydroxyl groups is 2. The Labute approximate surface area is 623 Å². The Hall–Kier alpha value is -11.0. The summed E-state index contributed by atoms with van der Waals surface area (Å²) in [6.07, 6.45) is -4.80. The molecule has 590 valence electrons. The third-order valence-electron chi connectivity index (χ3n) is 15.6. The van der Waals surface area contributed by atoms with Crippen LogP contribution in [-0.4, -0.2) is 190 Å². The molecular weight excluding hydrogens is 1480 g/mol. The number of halogens is 3. The highest BCUT2D eigenvalue weighted by Crippen LogP contribution is 2.45. The van der Waals surface area contributed by atoms with Crippen molar-refractivity contribution < 1.29 is 124 Å². The summed E-state index contributed by atoms with van der Waals surface area (Å²) in [5, 5.41) is 42.3. The van der Waals surface area contributed by atoms with E-state index in [1.807, 2.05) is 0 Å². The van der Waals surface area contributed by atoms with Crippen LogP contribution in [0, 0.1) is 0 Å². The van der Waals surface area contributed by atoms with Gasteiger partial charge in [-0.2, -0.15) is 13.2 Å². The van der Waals surface area contributed by atoms with Gasteiger partial charge in [-0.3, -0.25) is 66.0 Å². The van der Waals surface area contributed by atoms with Crippen molar-refractivity contribution >= 4 is 80.7 Å². The van der Waals surface area contributed by atoms with E-state index in [0.29, 0.717) is 27.8 Å². The first-order chi connectivity index (χ1) is 51.2. The Morgan fingerprint density at radius 2 is 0.771 bits per heavy atom. The maximum Gasteiger partial charge on any atom is 0.472 e. The minimum Gasteiger partial charge on any atom is -0.542 e. The highest BCUT2D eigenvalue weighted by molar-refractivity contribution is 7.47. The molecule has 0 bridgehead atoms. The molecule has 2 unspecified atom stereocenters. The number of amides is 10. The van der Waals surface area contributed by atoms with Crippen molar-refractivity contribution in [1.82, 2.24) is 41.7 Å². The first kappa shape index (κ1) is 90.4. The van der Waals surface area contributed by atoms with Crippen LogP contribution in [0.3, 0.4) is 0 Å². The molecule has 0 aromatic heterocycles. The Morgan fingerprint density at radius 1 is 0.468 bits per heavy atom. The summed E-state index contributed by atoms with van der Waals surface area (Å²) in [5.41, 5.74) is 24.7. The highest BCUT2D eigenvalue weighted by Gasteiger charge is 2.36. The van der Waals surface area contributed by atoms with Crippen molar-refractivity contribution in [2.45, 2.75) is 107 Å². The number of carbonyl (C=O) groups is 11. The number of phenols is 2. The number of aliphatic carboxylic acids is 1. The van der Waals surface area contributed by atoms with Crippen LogP contribution in [0.15, 0.2) is 170 Å². The van der Waals surface area contributed by atoms with Crippen LogP contribution in [-0.2, 0) is 119 Å². The number of phosphoric acid groups is 2. The zero-order valence-electron chi connectivity index (χ0n) is 59.4. The molecule has 39 heteroatoms. The third-order valence-corrected chi connectivity index (χ3v) is 17.4. The van der Waals surface area contributed by atoms with Gasteiger partial charge in [0.15, 0.2) is 6.04 Å². The summed E-state index contributed by atoms with van der Waals surface area (Å²) in [6.45, 7) is -0.376. The van der Waals surface area contributed by atoms with Crippen molar-refractivity contribution in [2.75, 3.05) is 40.4 Å². The molecular formula is C70H87F3N12O22P2. The molecule has 6 aromatic rings. The number of nitrogens with zero attached hydrogens (tertiary/aromatic N) is 2. The number of primary amides is 2. The summed E-state index contributed by atoms with van der Waals surface area (Å²) in [7, 11) is -6.69. The van der Waals surface area contributed by atoms with E-state index in [2.05, 4.69) is 37.6 Å². The number of nitrogens with two attached hydrogens (primary N) is 3. The molecule has 10 atom stereocenters. The number of phosphoric ester groups is 2. The van der Waals surface area contributed by atoms with E-state index < -0.39 is 162 Å². The largest absolute Gasteiger partial charge is 0.542 e. The molecule has 6 rings (SSSR count). The number of carbonyl (C=O) groups excluding carboxylic acids is 11. The van der Waals surface area contributed by atoms with Crippen LogP contribution >= 0.6 is 15.6 Å². The number of alkyl halides is 3. The highest BCUT2D eigenvalue weighted by atomic mass is 31.2. The smallest absolute Gasteiger partial charge is 0.472 e. The Bertz CT molecular complexity index is 3850. The molecule has 34 nitrogen and oxygen atoms in total. The number of nitrogens with one attached hydrogen (secondary N) is 6. The molecule has 0 aliphatic rings. The number of hydrogen-bond donors (Lipinski definition) is 14. The Kier molecular flexibility index (Phi) is 36.8. The van der Waals surface area contributed by atoms with Gasteiger partial charge in [0, 0.05) is 33.4 Å². The number of carboxylic acids is 1. The predicted octanol–water partition coefficient (Wildman–Crippen LogP) is -0.905. The summed E-state index contributed by atoms with van der Waals surface area (Å²) in [6, 6.07) is 37.4. The van der Waals surface area contributed by atoms with Crippen molar-refractivity contribution in [2.24, 2.45) is 17.2 Å². The number of benzene rings is 6. The van der Waals surface area contributed by atoms with Gasteiger partial charge in [0.2, 0.25) is 53.2 Å². The van der Waals surface area contributed by atoms with Gasteiger partial charge in [-0.05, 0) is 77.9 Å². The van der Waals surface area contributed by atoms with Crippen molar-refractivity contribution in [3.63, 3.8) is 0 Å². The first-order valence-electron chi connectivity index (χ1n) is 32.9. The molecule has 0 saturated carbocycles. The maximum absolute atomic E-state index is 13.5. The van der Waals surface area contributed by atoms with Crippen LogP contribution in [0.25, 0.3) is 0 Å². The molecule has 109 heavy (non-hydrogen) atoms. The molecule has 0 radical (unpaired) electrons. The first-order valence-corrected chi connectivity index (χ1v) is 35.9. The minimum absolute atomic E-state index is 0.00768. The summed E-state index contributed by atoms with van der Waals surface area (Å²) in [5.74, 6) is -10.5. The van der Waals surface area contributed by atoms with Gasteiger partial charge in [-0.25, -0.2) is 9.13 Å². The summed E-state index contributed by atoms with van der Waals surface area (Å²) < 4.78 is 76.3. The Morgan fingerprint density at radius 3 is 1.09 bits per heavy atom. The maximum atomic E-state index is 13.5.